The fourth-order valence-corrected chi connectivity index (χ4v) is 4.41. The number of piperazine rings is 1. The van der Waals surface area contributed by atoms with Gasteiger partial charge < -0.3 is 14.5 Å². The van der Waals surface area contributed by atoms with Gasteiger partial charge in [0.2, 0.25) is 11.8 Å². The van der Waals surface area contributed by atoms with Crippen molar-refractivity contribution >= 4 is 34.2 Å². The van der Waals surface area contributed by atoms with Crippen molar-refractivity contribution in [2.45, 2.75) is 12.7 Å². The minimum atomic E-state index is -1.38. The molecule has 8 heteroatoms. The first-order chi connectivity index (χ1) is 13.9. The molecule has 1 aliphatic rings. The highest BCUT2D eigenvalue weighted by molar-refractivity contribution is 7.84. The molecule has 1 fully saturated rings. The lowest BCUT2D eigenvalue weighted by Crippen LogP contribution is -2.51. The van der Waals surface area contributed by atoms with E-state index < -0.39 is 10.8 Å². The van der Waals surface area contributed by atoms with Gasteiger partial charge in [0.15, 0.2) is 0 Å². The van der Waals surface area contributed by atoms with Gasteiger partial charge in [-0.3, -0.25) is 13.8 Å². The summed E-state index contributed by atoms with van der Waals surface area (Å²) in [6.45, 7) is 3.50. The summed E-state index contributed by atoms with van der Waals surface area (Å²) in [6, 6.07) is 14.4. The third-order valence-electron chi connectivity index (χ3n) is 4.71. The van der Waals surface area contributed by atoms with Crippen LogP contribution in [0.15, 0.2) is 48.5 Å². The minimum Gasteiger partial charge on any atom is -0.455 e. The topological polar surface area (TPSA) is 66.9 Å². The van der Waals surface area contributed by atoms with Crippen LogP contribution in [-0.2, 0) is 26.1 Å². The Kier molecular flexibility index (Phi) is 7.28. The summed E-state index contributed by atoms with van der Waals surface area (Å²) in [5.74, 6) is 1.09. The number of hydrogen-bond acceptors (Lipinski definition) is 4. The highest BCUT2D eigenvalue weighted by Crippen LogP contribution is 2.31. The molecule has 1 aliphatic heterocycles. The van der Waals surface area contributed by atoms with E-state index in [0.29, 0.717) is 42.7 Å². The molecule has 2 amide bonds. The van der Waals surface area contributed by atoms with Gasteiger partial charge in [-0.25, -0.2) is 0 Å². The van der Waals surface area contributed by atoms with Gasteiger partial charge in [0.1, 0.15) is 17.3 Å². The molecular weight excluding hydrogens is 412 g/mol. The Balaban J connectivity index is 1.59. The highest BCUT2D eigenvalue weighted by Gasteiger charge is 2.23. The van der Waals surface area contributed by atoms with E-state index in [1.807, 2.05) is 30.3 Å². The van der Waals surface area contributed by atoms with Gasteiger partial charge in [0.25, 0.3) is 0 Å². The molecular formula is C21H23ClN2O4S. The highest BCUT2D eigenvalue weighted by atomic mass is 35.5. The molecule has 0 bridgehead atoms. The van der Waals surface area contributed by atoms with E-state index in [1.165, 1.54) is 6.92 Å². The normalized spacial score (nSPS) is 15.1. The number of ether oxygens (including phenoxy) is 1. The van der Waals surface area contributed by atoms with Crippen LogP contribution in [0.2, 0.25) is 5.02 Å². The number of hydrogen-bond donors (Lipinski definition) is 0. The second-order valence-electron chi connectivity index (χ2n) is 6.76. The van der Waals surface area contributed by atoms with Crippen LogP contribution in [0, 0.1) is 0 Å². The maximum Gasteiger partial charge on any atom is 0.235 e. The molecule has 0 saturated carbocycles. The van der Waals surface area contributed by atoms with Crippen molar-refractivity contribution in [2.75, 3.05) is 31.9 Å². The SMILES string of the molecule is CC(=O)N1CCN(C(=O)CS(=O)Cc2ccccc2Oc2ccccc2Cl)CC1. The predicted molar refractivity (Wildman–Crippen MR) is 114 cm³/mol. The molecule has 0 aromatic heterocycles. The van der Waals surface area contributed by atoms with Gasteiger partial charge in [0, 0.05) is 49.5 Å². The van der Waals surface area contributed by atoms with Crippen molar-refractivity contribution in [1.29, 1.82) is 0 Å². The van der Waals surface area contributed by atoms with E-state index in [9.17, 15) is 13.8 Å². The lowest BCUT2D eigenvalue weighted by molar-refractivity contribution is -0.136. The molecule has 0 aliphatic carbocycles. The molecule has 2 aromatic carbocycles. The number of carbonyl (C=O) groups is 2. The zero-order chi connectivity index (χ0) is 20.8. The molecule has 0 radical (unpaired) electrons. The lowest BCUT2D eigenvalue weighted by Gasteiger charge is -2.34. The Morgan fingerprint density at radius 3 is 2.21 bits per heavy atom. The molecule has 29 heavy (non-hydrogen) atoms. The Labute approximate surface area is 177 Å². The number of rotatable bonds is 6. The maximum absolute atomic E-state index is 12.6. The van der Waals surface area contributed by atoms with Crippen LogP contribution in [0.25, 0.3) is 0 Å². The summed E-state index contributed by atoms with van der Waals surface area (Å²) < 4.78 is 18.5. The van der Waals surface area contributed by atoms with E-state index in [0.717, 1.165) is 5.56 Å². The van der Waals surface area contributed by atoms with Gasteiger partial charge in [-0.05, 0) is 18.2 Å². The van der Waals surface area contributed by atoms with Crippen LogP contribution in [-0.4, -0.2) is 57.8 Å². The number of nitrogens with zero attached hydrogens (tertiary/aromatic N) is 2. The zero-order valence-electron chi connectivity index (χ0n) is 16.2. The monoisotopic (exact) mass is 434 g/mol. The first-order valence-corrected chi connectivity index (χ1v) is 11.2. The smallest absolute Gasteiger partial charge is 0.235 e. The number of halogens is 1. The number of carbonyl (C=O) groups excluding carboxylic acids is 2. The number of amides is 2. The summed E-state index contributed by atoms with van der Waals surface area (Å²) in [5, 5.41) is 0.489. The van der Waals surface area contributed by atoms with Crippen molar-refractivity contribution in [3.05, 3.63) is 59.1 Å². The van der Waals surface area contributed by atoms with Gasteiger partial charge in [-0.2, -0.15) is 0 Å². The van der Waals surface area contributed by atoms with Gasteiger partial charge in [-0.15, -0.1) is 0 Å². The molecule has 2 aromatic rings. The van der Waals surface area contributed by atoms with E-state index in [1.54, 1.807) is 28.0 Å². The van der Waals surface area contributed by atoms with Crippen molar-refractivity contribution in [3.8, 4) is 11.5 Å². The Morgan fingerprint density at radius 1 is 0.966 bits per heavy atom. The molecule has 0 N–H and O–H groups in total. The maximum atomic E-state index is 12.6. The van der Waals surface area contributed by atoms with Crippen LogP contribution in [0.4, 0.5) is 0 Å². The first kappa shape index (κ1) is 21.3. The molecule has 0 spiro atoms. The van der Waals surface area contributed by atoms with Crippen LogP contribution < -0.4 is 4.74 Å². The average Bonchev–Trinajstić information content (AvgIpc) is 2.71. The third kappa shape index (κ3) is 5.81. The fraction of sp³-hybridized carbons (Fsp3) is 0.333. The van der Waals surface area contributed by atoms with Gasteiger partial charge in [0.05, 0.1) is 10.8 Å². The zero-order valence-corrected chi connectivity index (χ0v) is 17.7. The van der Waals surface area contributed by atoms with Crippen LogP contribution >= 0.6 is 11.6 Å². The van der Waals surface area contributed by atoms with Crippen LogP contribution in [0.5, 0.6) is 11.5 Å². The number of benzene rings is 2. The van der Waals surface area contributed by atoms with Crippen LogP contribution in [0.3, 0.4) is 0 Å². The molecule has 1 unspecified atom stereocenters. The lowest BCUT2D eigenvalue weighted by atomic mass is 10.2. The summed E-state index contributed by atoms with van der Waals surface area (Å²) in [4.78, 5) is 27.3. The molecule has 3 rings (SSSR count). The molecule has 154 valence electrons. The quantitative estimate of drug-likeness (QED) is 0.700. The van der Waals surface area contributed by atoms with Gasteiger partial charge in [-0.1, -0.05) is 41.9 Å². The summed E-state index contributed by atoms with van der Waals surface area (Å²) in [6.07, 6.45) is 0. The van der Waals surface area contributed by atoms with E-state index in [-0.39, 0.29) is 23.3 Å². The Bertz CT molecular complexity index is 913. The van der Waals surface area contributed by atoms with E-state index in [2.05, 4.69) is 0 Å². The standard InChI is InChI=1S/C21H23ClN2O4S/c1-16(25)23-10-12-24(13-11-23)21(26)15-29(27)14-17-6-2-4-8-19(17)28-20-9-5-3-7-18(20)22/h2-9H,10-15H2,1H3. The third-order valence-corrected chi connectivity index (χ3v) is 6.22. The van der Waals surface area contributed by atoms with Crippen molar-refractivity contribution in [3.63, 3.8) is 0 Å². The van der Waals surface area contributed by atoms with Crippen molar-refractivity contribution < 1.29 is 18.5 Å². The Hall–Kier alpha value is -2.38. The molecule has 1 heterocycles. The van der Waals surface area contributed by atoms with Crippen molar-refractivity contribution in [2.24, 2.45) is 0 Å². The summed E-state index contributed by atoms with van der Waals surface area (Å²) in [7, 11) is -1.38. The van der Waals surface area contributed by atoms with E-state index in [4.69, 9.17) is 16.3 Å². The summed E-state index contributed by atoms with van der Waals surface area (Å²) in [5.41, 5.74) is 0.750. The molecule has 1 saturated heterocycles. The summed E-state index contributed by atoms with van der Waals surface area (Å²) >= 11 is 6.16. The van der Waals surface area contributed by atoms with Crippen LogP contribution in [0.1, 0.15) is 12.5 Å². The minimum absolute atomic E-state index is 0.0100. The van der Waals surface area contributed by atoms with E-state index >= 15 is 0 Å². The molecule has 1 atom stereocenters. The molecule has 6 nitrogen and oxygen atoms in total. The average molecular weight is 435 g/mol. The largest absolute Gasteiger partial charge is 0.455 e. The van der Waals surface area contributed by atoms with Crippen molar-refractivity contribution in [1.82, 2.24) is 9.80 Å². The number of para-hydroxylation sites is 2. The second kappa shape index (κ2) is 9.89. The fourth-order valence-electron chi connectivity index (χ4n) is 3.09. The second-order valence-corrected chi connectivity index (χ2v) is 8.62. The van der Waals surface area contributed by atoms with Gasteiger partial charge >= 0.3 is 0 Å². The predicted octanol–water partition coefficient (Wildman–Crippen LogP) is 3.07. The Morgan fingerprint density at radius 2 is 1.55 bits per heavy atom. The first-order valence-electron chi connectivity index (χ1n) is 9.32.